The minimum atomic E-state index is -4.96. The molecule has 0 atom stereocenters. The van der Waals surface area contributed by atoms with Crippen LogP contribution in [0.25, 0.3) is 5.69 Å². The monoisotopic (exact) mass is 419 g/mol. The quantitative estimate of drug-likeness (QED) is 0.607. The molecule has 0 amide bonds. The number of hydrogen-bond acceptors (Lipinski definition) is 4. The van der Waals surface area contributed by atoms with Crippen molar-refractivity contribution in [1.29, 1.82) is 5.26 Å². The zero-order valence-electron chi connectivity index (χ0n) is 15.6. The molecular weight excluding hydrogens is 406 g/mol. The molecule has 0 bridgehead atoms. The summed E-state index contributed by atoms with van der Waals surface area (Å²) in [5.41, 5.74) is -5.80. The van der Waals surface area contributed by atoms with Crippen molar-refractivity contribution >= 4 is 0 Å². The maximum Gasteiger partial charge on any atom is 0.432 e. The highest BCUT2D eigenvalue weighted by molar-refractivity contribution is 5.53. The SMILES string of the molecule is Cc1c(C(F)(F)F)n(C)c(=O)n(-c2cc(Oc3ccccc3)c(C#N)cc2F)c1=O. The van der Waals surface area contributed by atoms with Gasteiger partial charge in [-0.1, -0.05) is 18.2 Å². The number of alkyl halides is 3. The van der Waals surface area contributed by atoms with Crippen LogP contribution in [0.1, 0.15) is 16.8 Å². The van der Waals surface area contributed by atoms with E-state index in [-0.39, 0.29) is 26.2 Å². The molecule has 0 fully saturated rings. The van der Waals surface area contributed by atoms with Crippen LogP contribution in [-0.4, -0.2) is 9.13 Å². The van der Waals surface area contributed by atoms with E-state index in [0.29, 0.717) is 0 Å². The third kappa shape index (κ3) is 3.57. The Balaban J connectivity index is 2.29. The molecule has 6 nitrogen and oxygen atoms in total. The number of benzene rings is 2. The molecule has 30 heavy (non-hydrogen) atoms. The first kappa shape index (κ1) is 20.9. The molecule has 1 aromatic heterocycles. The first-order valence-electron chi connectivity index (χ1n) is 8.43. The lowest BCUT2D eigenvalue weighted by molar-refractivity contribution is -0.144. The molecule has 0 saturated carbocycles. The predicted molar refractivity (Wildman–Crippen MR) is 98.2 cm³/mol. The summed E-state index contributed by atoms with van der Waals surface area (Å²) >= 11 is 0. The summed E-state index contributed by atoms with van der Waals surface area (Å²) in [7, 11) is 0.830. The lowest BCUT2D eigenvalue weighted by Crippen LogP contribution is -2.43. The van der Waals surface area contributed by atoms with Crippen molar-refractivity contribution < 1.29 is 22.3 Å². The summed E-state index contributed by atoms with van der Waals surface area (Å²) in [5.74, 6) is -1.03. The smallest absolute Gasteiger partial charge is 0.432 e. The van der Waals surface area contributed by atoms with Crippen molar-refractivity contribution in [2.45, 2.75) is 13.1 Å². The number of nitriles is 1. The van der Waals surface area contributed by atoms with Gasteiger partial charge >= 0.3 is 11.9 Å². The maximum absolute atomic E-state index is 14.7. The van der Waals surface area contributed by atoms with E-state index in [1.54, 1.807) is 36.4 Å². The molecule has 0 N–H and O–H groups in total. The van der Waals surface area contributed by atoms with E-state index in [1.807, 2.05) is 0 Å². The lowest BCUT2D eigenvalue weighted by atomic mass is 10.1. The molecule has 0 spiro atoms. The topological polar surface area (TPSA) is 77.0 Å². The summed E-state index contributed by atoms with van der Waals surface area (Å²) in [6.45, 7) is 0.893. The Bertz CT molecular complexity index is 1250. The highest BCUT2D eigenvalue weighted by atomic mass is 19.4. The van der Waals surface area contributed by atoms with Gasteiger partial charge < -0.3 is 4.74 Å². The lowest BCUT2D eigenvalue weighted by Gasteiger charge is -2.18. The number of rotatable bonds is 3. The molecule has 0 saturated heterocycles. The predicted octanol–water partition coefficient (Wildman–Crippen LogP) is 3.67. The zero-order chi connectivity index (χ0) is 22.2. The maximum atomic E-state index is 14.7. The van der Waals surface area contributed by atoms with E-state index in [1.165, 1.54) is 0 Å². The van der Waals surface area contributed by atoms with Crippen molar-refractivity contribution in [1.82, 2.24) is 9.13 Å². The fraction of sp³-hybridized carbons (Fsp3) is 0.150. The molecule has 154 valence electrons. The number of ether oxygens (including phenoxy) is 1. The first-order valence-corrected chi connectivity index (χ1v) is 8.43. The van der Waals surface area contributed by atoms with Crippen LogP contribution in [0.5, 0.6) is 11.5 Å². The van der Waals surface area contributed by atoms with Gasteiger partial charge in [0.2, 0.25) is 0 Å². The third-order valence-electron chi connectivity index (χ3n) is 4.34. The number of para-hydroxylation sites is 1. The summed E-state index contributed by atoms with van der Waals surface area (Å²) < 4.78 is 60.5. The fourth-order valence-corrected chi connectivity index (χ4v) is 2.97. The molecule has 1 heterocycles. The van der Waals surface area contributed by atoms with E-state index in [2.05, 4.69) is 0 Å². The molecule has 0 radical (unpaired) electrons. The van der Waals surface area contributed by atoms with E-state index in [0.717, 1.165) is 26.1 Å². The van der Waals surface area contributed by atoms with Gasteiger partial charge in [-0.2, -0.15) is 18.4 Å². The van der Waals surface area contributed by atoms with Crippen molar-refractivity contribution in [3.63, 3.8) is 0 Å². The molecule has 0 aliphatic heterocycles. The third-order valence-corrected chi connectivity index (χ3v) is 4.34. The Kier molecular flexibility index (Phi) is 5.22. The highest BCUT2D eigenvalue weighted by Crippen LogP contribution is 2.31. The van der Waals surface area contributed by atoms with Gasteiger partial charge in [0.1, 0.15) is 29.1 Å². The molecule has 3 rings (SSSR count). The summed E-state index contributed by atoms with van der Waals surface area (Å²) in [5, 5.41) is 9.25. The fourth-order valence-electron chi connectivity index (χ4n) is 2.97. The van der Waals surface area contributed by atoms with Crippen molar-refractivity contribution in [2.75, 3.05) is 0 Å². The minimum absolute atomic E-state index is 0.174. The zero-order valence-corrected chi connectivity index (χ0v) is 15.6. The van der Waals surface area contributed by atoms with E-state index >= 15 is 0 Å². The molecule has 0 aliphatic carbocycles. The van der Waals surface area contributed by atoms with Crippen LogP contribution in [0.15, 0.2) is 52.1 Å². The highest BCUT2D eigenvalue weighted by Gasteiger charge is 2.38. The number of hydrogen-bond donors (Lipinski definition) is 0. The Morgan fingerprint density at radius 2 is 1.73 bits per heavy atom. The van der Waals surface area contributed by atoms with Gasteiger partial charge in [-0.25, -0.2) is 13.8 Å². The average molecular weight is 419 g/mol. The van der Waals surface area contributed by atoms with Crippen molar-refractivity contribution in [2.24, 2.45) is 7.05 Å². The van der Waals surface area contributed by atoms with Crippen molar-refractivity contribution in [3.8, 4) is 23.3 Å². The number of aromatic nitrogens is 2. The Labute approximate surface area is 166 Å². The van der Waals surface area contributed by atoms with Crippen LogP contribution in [-0.2, 0) is 13.2 Å². The molecule has 3 aromatic rings. The van der Waals surface area contributed by atoms with Gasteiger partial charge in [0.05, 0.1) is 11.3 Å². The van der Waals surface area contributed by atoms with Crippen LogP contribution >= 0.6 is 0 Å². The summed E-state index contributed by atoms with van der Waals surface area (Å²) in [6, 6.07) is 11.5. The van der Waals surface area contributed by atoms with Gasteiger partial charge in [-0.05, 0) is 25.1 Å². The van der Waals surface area contributed by atoms with Crippen LogP contribution in [0, 0.1) is 24.1 Å². The second-order valence-corrected chi connectivity index (χ2v) is 6.28. The molecule has 2 aromatic carbocycles. The normalized spacial score (nSPS) is 11.2. The number of halogens is 4. The van der Waals surface area contributed by atoms with Gasteiger partial charge in [-0.3, -0.25) is 9.36 Å². The minimum Gasteiger partial charge on any atom is -0.456 e. The van der Waals surface area contributed by atoms with E-state index in [4.69, 9.17) is 4.74 Å². The van der Waals surface area contributed by atoms with Crippen LogP contribution < -0.4 is 16.0 Å². The van der Waals surface area contributed by atoms with Gasteiger partial charge in [0, 0.05) is 18.7 Å². The summed E-state index contributed by atoms with van der Waals surface area (Å²) in [6.07, 6.45) is -4.96. The first-order chi connectivity index (χ1) is 14.1. The van der Waals surface area contributed by atoms with Crippen molar-refractivity contribution in [3.05, 3.63) is 85.9 Å². The Hall–Kier alpha value is -3.87. The number of nitrogens with zero attached hydrogens (tertiary/aromatic N) is 3. The van der Waals surface area contributed by atoms with Gasteiger partial charge in [0.25, 0.3) is 5.56 Å². The van der Waals surface area contributed by atoms with E-state index in [9.17, 15) is 32.4 Å². The van der Waals surface area contributed by atoms with Crippen LogP contribution in [0.2, 0.25) is 0 Å². The Morgan fingerprint density at radius 1 is 1.10 bits per heavy atom. The average Bonchev–Trinajstić information content (AvgIpc) is 2.68. The molecule has 10 heteroatoms. The summed E-state index contributed by atoms with van der Waals surface area (Å²) in [4.78, 5) is 25.1. The standard InChI is InChI=1S/C20H13F4N3O3/c1-11-17(20(22,23)24)26(2)19(29)27(18(11)28)15-9-16(12(10-25)8-14(15)21)30-13-6-4-3-5-7-13/h3-9H,1-2H3. The van der Waals surface area contributed by atoms with Crippen LogP contribution in [0.3, 0.4) is 0 Å². The molecule has 0 unspecified atom stereocenters. The largest absolute Gasteiger partial charge is 0.456 e. The second-order valence-electron chi connectivity index (χ2n) is 6.28. The van der Waals surface area contributed by atoms with Crippen LogP contribution in [0.4, 0.5) is 17.6 Å². The Morgan fingerprint density at radius 3 is 2.30 bits per heavy atom. The van der Waals surface area contributed by atoms with Gasteiger partial charge in [-0.15, -0.1) is 0 Å². The second kappa shape index (κ2) is 7.51. The molecule has 0 aliphatic rings. The van der Waals surface area contributed by atoms with Gasteiger partial charge in [0.15, 0.2) is 0 Å². The van der Waals surface area contributed by atoms with E-state index < -0.39 is 40.2 Å². The molecular formula is C20H13F4N3O3.